The predicted octanol–water partition coefficient (Wildman–Crippen LogP) is 2.95. The molecule has 1 aromatic carbocycles. The van der Waals surface area contributed by atoms with Gasteiger partial charge in [0.1, 0.15) is 11.4 Å². The van der Waals surface area contributed by atoms with Crippen molar-refractivity contribution in [2.24, 2.45) is 4.99 Å². The molecule has 146 valence electrons. The third kappa shape index (κ3) is 6.09. The molecule has 8 heteroatoms. The monoisotopic (exact) mass is 372 g/mol. The first-order valence-corrected chi connectivity index (χ1v) is 8.60. The third-order valence-corrected chi connectivity index (χ3v) is 4.15. The maximum absolute atomic E-state index is 12.4. The molecule has 2 rings (SSSR count). The average molecular weight is 372 g/mol. The molecule has 0 radical (unpaired) electrons. The fourth-order valence-electron chi connectivity index (χ4n) is 3.04. The Balaban J connectivity index is 1.94. The number of rotatable bonds is 5. The second-order valence-corrected chi connectivity index (χ2v) is 7.15. The van der Waals surface area contributed by atoms with E-state index in [1.165, 1.54) is 11.9 Å². The molecule has 0 bridgehead atoms. The number of hydrogen-bond acceptors (Lipinski definition) is 3. The second kappa shape index (κ2) is 8.16. The number of benzene rings is 1. The van der Waals surface area contributed by atoms with Crippen molar-refractivity contribution in [3.05, 3.63) is 29.8 Å². The second-order valence-electron chi connectivity index (χ2n) is 7.15. The Morgan fingerprint density at radius 3 is 2.69 bits per heavy atom. The number of alkyl halides is 3. The van der Waals surface area contributed by atoms with Crippen LogP contribution < -0.4 is 15.4 Å². The van der Waals surface area contributed by atoms with E-state index in [-0.39, 0.29) is 18.2 Å². The topological polar surface area (TPSA) is 48.9 Å². The number of nitrogens with zero attached hydrogens (tertiary/aromatic N) is 2. The van der Waals surface area contributed by atoms with Gasteiger partial charge in [-0.05, 0) is 27.0 Å². The number of guanidine groups is 1. The van der Waals surface area contributed by atoms with Crippen molar-refractivity contribution in [3.8, 4) is 5.75 Å². The van der Waals surface area contributed by atoms with Crippen molar-refractivity contribution < 1.29 is 17.9 Å². The van der Waals surface area contributed by atoms with Crippen LogP contribution in [-0.2, 0) is 0 Å². The fourth-order valence-corrected chi connectivity index (χ4v) is 3.04. The predicted molar refractivity (Wildman–Crippen MR) is 96.6 cm³/mol. The number of ether oxygens (including phenoxy) is 1. The summed E-state index contributed by atoms with van der Waals surface area (Å²) in [4.78, 5) is 5.42. The van der Waals surface area contributed by atoms with Crippen LogP contribution >= 0.6 is 0 Å². The Kier molecular flexibility index (Phi) is 6.39. The summed E-state index contributed by atoms with van der Waals surface area (Å²) >= 11 is 0. The van der Waals surface area contributed by atoms with Gasteiger partial charge in [-0.1, -0.05) is 18.2 Å². The molecule has 0 saturated heterocycles. The maximum atomic E-state index is 12.4. The number of hydrogen-bond donors (Lipinski definition) is 2. The molecule has 1 heterocycles. The van der Waals surface area contributed by atoms with E-state index in [0.29, 0.717) is 12.5 Å². The minimum absolute atomic E-state index is 0.00838. The van der Waals surface area contributed by atoms with Gasteiger partial charge >= 0.3 is 6.18 Å². The lowest BCUT2D eigenvalue weighted by molar-refractivity contribution is -0.142. The van der Waals surface area contributed by atoms with Crippen molar-refractivity contribution in [1.82, 2.24) is 15.5 Å². The number of nitrogens with one attached hydrogen (secondary N) is 2. The first kappa shape index (κ1) is 20.4. The van der Waals surface area contributed by atoms with E-state index in [2.05, 4.69) is 15.6 Å². The summed E-state index contributed by atoms with van der Waals surface area (Å²) in [6, 6.07) is 7.84. The van der Waals surface area contributed by atoms with Gasteiger partial charge in [-0.15, -0.1) is 0 Å². The van der Waals surface area contributed by atoms with E-state index in [9.17, 15) is 13.2 Å². The lowest BCUT2D eigenvalue weighted by atomic mass is 9.90. The maximum Gasteiger partial charge on any atom is 0.401 e. The van der Waals surface area contributed by atoms with Crippen LogP contribution in [0.3, 0.4) is 0 Å². The SMILES string of the molecule is CN=C(NCCN(C)CC(F)(F)F)NC1CC(C)(C)Oc2ccccc21. The normalized spacial score (nSPS) is 19.7. The van der Waals surface area contributed by atoms with Gasteiger partial charge in [0.05, 0.1) is 12.6 Å². The Morgan fingerprint density at radius 1 is 1.35 bits per heavy atom. The van der Waals surface area contributed by atoms with Crippen molar-refractivity contribution >= 4 is 5.96 Å². The molecule has 1 atom stereocenters. The lowest BCUT2D eigenvalue weighted by Crippen LogP contribution is -2.47. The highest BCUT2D eigenvalue weighted by Gasteiger charge is 2.34. The van der Waals surface area contributed by atoms with Crippen LogP contribution in [-0.4, -0.2) is 56.4 Å². The molecule has 1 aliphatic heterocycles. The van der Waals surface area contributed by atoms with Crippen LogP contribution in [0, 0.1) is 0 Å². The quantitative estimate of drug-likeness (QED) is 0.616. The summed E-state index contributed by atoms with van der Waals surface area (Å²) in [7, 11) is 3.09. The zero-order chi connectivity index (χ0) is 19.4. The molecular formula is C18H27F3N4O. The summed E-state index contributed by atoms with van der Waals surface area (Å²) in [5.74, 6) is 1.39. The van der Waals surface area contributed by atoms with Gasteiger partial charge < -0.3 is 15.4 Å². The van der Waals surface area contributed by atoms with Gasteiger partial charge in [-0.2, -0.15) is 13.2 Å². The largest absolute Gasteiger partial charge is 0.487 e. The van der Waals surface area contributed by atoms with E-state index in [4.69, 9.17) is 4.74 Å². The van der Waals surface area contributed by atoms with E-state index >= 15 is 0 Å². The van der Waals surface area contributed by atoms with Crippen molar-refractivity contribution in [2.45, 2.75) is 38.1 Å². The minimum atomic E-state index is -4.19. The number of fused-ring (bicyclic) bond motifs is 1. The summed E-state index contributed by atoms with van der Waals surface area (Å²) < 4.78 is 43.1. The van der Waals surface area contributed by atoms with Crippen molar-refractivity contribution in [1.29, 1.82) is 0 Å². The lowest BCUT2D eigenvalue weighted by Gasteiger charge is -2.38. The van der Waals surface area contributed by atoms with Crippen LogP contribution in [0.1, 0.15) is 31.9 Å². The van der Waals surface area contributed by atoms with E-state index in [0.717, 1.165) is 17.7 Å². The van der Waals surface area contributed by atoms with Gasteiger partial charge in [0, 0.05) is 32.1 Å². The molecule has 0 spiro atoms. The van der Waals surface area contributed by atoms with Gasteiger partial charge in [0.15, 0.2) is 5.96 Å². The first-order chi connectivity index (χ1) is 12.1. The van der Waals surface area contributed by atoms with Crippen LogP contribution in [0.5, 0.6) is 5.75 Å². The molecule has 1 aromatic rings. The fraction of sp³-hybridized carbons (Fsp3) is 0.611. The van der Waals surface area contributed by atoms with Crippen LogP contribution in [0.2, 0.25) is 0 Å². The number of aliphatic imine (C=N–C) groups is 1. The molecule has 0 amide bonds. The van der Waals surface area contributed by atoms with Gasteiger partial charge in [-0.25, -0.2) is 0 Å². The van der Waals surface area contributed by atoms with Crippen LogP contribution in [0.15, 0.2) is 29.3 Å². The summed E-state index contributed by atoms with van der Waals surface area (Å²) in [5, 5.41) is 6.44. The van der Waals surface area contributed by atoms with Gasteiger partial charge in [0.2, 0.25) is 0 Å². The smallest absolute Gasteiger partial charge is 0.401 e. The van der Waals surface area contributed by atoms with Gasteiger partial charge in [0.25, 0.3) is 0 Å². The Bertz CT molecular complexity index is 631. The highest BCUT2D eigenvalue weighted by Crippen LogP contribution is 2.39. The summed E-state index contributed by atoms with van der Waals surface area (Å²) in [5.41, 5.74) is 0.724. The average Bonchev–Trinajstić information content (AvgIpc) is 2.51. The van der Waals surface area contributed by atoms with Crippen LogP contribution in [0.25, 0.3) is 0 Å². The summed E-state index contributed by atoms with van der Waals surface area (Å²) in [6.45, 7) is 3.75. The first-order valence-electron chi connectivity index (χ1n) is 8.60. The van der Waals surface area contributed by atoms with Gasteiger partial charge in [-0.3, -0.25) is 9.89 Å². The molecule has 1 unspecified atom stereocenters. The highest BCUT2D eigenvalue weighted by atomic mass is 19.4. The third-order valence-electron chi connectivity index (χ3n) is 4.15. The molecule has 2 N–H and O–H groups in total. The molecule has 0 fully saturated rings. The van der Waals surface area contributed by atoms with Crippen molar-refractivity contribution in [2.75, 3.05) is 33.7 Å². The number of halogens is 3. The van der Waals surface area contributed by atoms with E-state index in [1.54, 1.807) is 7.05 Å². The zero-order valence-electron chi connectivity index (χ0n) is 15.7. The van der Waals surface area contributed by atoms with E-state index in [1.807, 2.05) is 38.1 Å². The van der Waals surface area contributed by atoms with E-state index < -0.39 is 12.7 Å². The molecule has 0 aliphatic carbocycles. The molecular weight excluding hydrogens is 345 g/mol. The molecule has 1 aliphatic rings. The molecule has 0 saturated carbocycles. The number of para-hydroxylation sites is 1. The Hall–Kier alpha value is -1.96. The standard InChI is InChI=1S/C18H27F3N4O/c1-17(2)11-14(13-7-5-6-8-15(13)26-17)24-16(22-3)23-9-10-25(4)12-18(19,20)21/h5-8,14H,9-12H2,1-4H3,(H2,22,23,24). The van der Waals surface area contributed by atoms with Crippen molar-refractivity contribution in [3.63, 3.8) is 0 Å². The molecule has 0 aromatic heterocycles. The summed E-state index contributed by atoms with van der Waals surface area (Å²) in [6.07, 6.45) is -3.44. The molecule has 26 heavy (non-hydrogen) atoms. The molecule has 5 nitrogen and oxygen atoms in total. The number of likely N-dealkylation sites (N-methyl/N-ethyl adjacent to an activating group) is 1. The highest BCUT2D eigenvalue weighted by molar-refractivity contribution is 5.80. The zero-order valence-corrected chi connectivity index (χ0v) is 15.7. The minimum Gasteiger partial charge on any atom is -0.487 e. The Morgan fingerprint density at radius 2 is 2.04 bits per heavy atom. The van der Waals surface area contributed by atoms with Crippen LogP contribution in [0.4, 0.5) is 13.2 Å². The Labute approximate surface area is 152 Å².